The van der Waals surface area contributed by atoms with Crippen molar-refractivity contribution in [3.63, 3.8) is 0 Å². The van der Waals surface area contributed by atoms with E-state index in [4.69, 9.17) is 9.84 Å². The van der Waals surface area contributed by atoms with E-state index in [0.29, 0.717) is 31.4 Å². The summed E-state index contributed by atoms with van der Waals surface area (Å²) in [6.45, 7) is 8.79. The van der Waals surface area contributed by atoms with E-state index in [1.165, 1.54) is 12.1 Å². The van der Waals surface area contributed by atoms with Crippen LogP contribution < -0.4 is 5.32 Å². The Bertz CT molecular complexity index is 837. The van der Waals surface area contributed by atoms with Gasteiger partial charge in [0, 0.05) is 62.0 Å². The fourth-order valence-corrected chi connectivity index (χ4v) is 5.24. The first-order valence-corrected chi connectivity index (χ1v) is 11.8. The predicted molar refractivity (Wildman–Crippen MR) is 117 cm³/mol. The van der Waals surface area contributed by atoms with Gasteiger partial charge in [0.05, 0.1) is 19.7 Å². The van der Waals surface area contributed by atoms with Crippen molar-refractivity contribution in [1.82, 2.24) is 29.9 Å². The van der Waals surface area contributed by atoms with Crippen LogP contribution in [0.25, 0.3) is 0 Å². The first-order valence-electron chi connectivity index (χ1n) is 10.9. The number of hydrogen-bond acceptors (Lipinski definition) is 7. The van der Waals surface area contributed by atoms with E-state index >= 15 is 0 Å². The zero-order valence-corrected chi connectivity index (χ0v) is 18.8. The summed E-state index contributed by atoms with van der Waals surface area (Å²) in [5.74, 6) is -0.0542. The number of ether oxygens (including phenoxy) is 1. The quantitative estimate of drug-likeness (QED) is 0.651. The summed E-state index contributed by atoms with van der Waals surface area (Å²) >= 11 is 1.68. The number of carbonyl (C=O) groups is 1. The van der Waals surface area contributed by atoms with Gasteiger partial charge in [0.1, 0.15) is 5.01 Å². The van der Waals surface area contributed by atoms with E-state index in [1.54, 1.807) is 18.4 Å². The lowest BCUT2D eigenvalue weighted by Gasteiger charge is -2.27. The Kier molecular flexibility index (Phi) is 7.14. The summed E-state index contributed by atoms with van der Waals surface area (Å²) in [5, 5.41) is 11.0. The fourth-order valence-electron chi connectivity index (χ4n) is 4.59. The summed E-state index contributed by atoms with van der Waals surface area (Å²) in [7, 11) is 1.69. The Morgan fingerprint density at radius 1 is 1.40 bits per heavy atom. The maximum atomic E-state index is 13.1. The maximum Gasteiger partial charge on any atom is 0.272 e. The minimum atomic E-state index is -0.0542. The summed E-state index contributed by atoms with van der Waals surface area (Å²) in [6.07, 6.45) is 5.09. The van der Waals surface area contributed by atoms with Crippen LogP contribution in [0.5, 0.6) is 0 Å². The molecule has 30 heavy (non-hydrogen) atoms. The molecule has 0 aromatic carbocycles. The lowest BCUT2D eigenvalue weighted by Crippen LogP contribution is -2.40. The van der Waals surface area contributed by atoms with Crippen molar-refractivity contribution < 1.29 is 9.53 Å². The highest BCUT2D eigenvalue weighted by molar-refractivity contribution is 7.09. The zero-order chi connectivity index (χ0) is 20.9. The van der Waals surface area contributed by atoms with E-state index in [2.05, 4.69) is 27.0 Å². The molecule has 0 saturated carbocycles. The molecule has 2 aromatic rings. The third-order valence-electron chi connectivity index (χ3n) is 6.18. The molecule has 1 N–H and O–H groups in total. The van der Waals surface area contributed by atoms with E-state index in [9.17, 15) is 4.79 Å². The largest absolute Gasteiger partial charge is 0.383 e. The highest BCUT2D eigenvalue weighted by atomic mass is 32.1. The van der Waals surface area contributed by atoms with Gasteiger partial charge in [-0.25, -0.2) is 4.98 Å². The van der Waals surface area contributed by atoms with Gasteiger partial charge < -0.3 is 10.1 Å². The molecule has 1 atom stereocenters. The van der Waals surface area contributed by atoms with Crippen LogP contribution in [-0.4, -0.2) is 76.4 Å². The molecule has 0 aliphatic carbocycles. The molecule has 2 aliphatic heterocycles. The molecule has 0 spiro atoms. The molecule has 9 heteroatoms. The predicted octanol–water partition coefficient (Wildman–Crippen LogP) is 1.76. The molecular weight excluding hydrogens is 400 g/mol. The van der Waals surface area contributed by atoms with Gasteiger partial charge >= 0.3 is 0 Å². The van der Waals surface area contributed by atoms with Crippen molar-refractivity contribution in [2.45, 2.75) is 51.9 Å². The summed E-state index contributed by atoms with van der Waals surface area (Å²) in [4.78, 5) is 22.3. The maximum absolute atomic E-state index is 13.1. The van der Waals surface area contributed by atoms with Crippen LogP contribution in [0.3, 0.4) is 0 Å². The van der Waals surface area contributed by atoms with Crippen LogP contribution >= 0.6 is 11.3 Å². The Morgan fingerprint density at radius 2 is 2.30 bits per heavy atom. The van der Waals surface area contributed by atoms with E-state index in [-0.39, 0.29) is 5.91 Å². The molecular formula is C21H32N6O2S. The minimum absolute atomic E-state index is 0.0542. The van der Waals surface area contributed by atoms with Crippen LogP contribution in [0.4, 0.5) is 0 Å². The molecule has 2 aromatic heterocycles. The number of fused-ring (bicyclic) bond motifs is 1. The van der Waals surface area contributed by atoms with Crippen molar-refractivity contribution in [2.75, 3.05) is 39.9 Å². The lowest BCUT2D eigenvalue weighted by atomic mass is 10.0. The van der Waals surface area contributed by atoms with Crippen LogP contribution in [0.2, 0.25) is 0 Å². The van der Waals surface area contributed by atoms with E-state index in [1.807, 2.05) is 16.3 Å². The number of aromatic nitrogens is 3. The Morgan fingerprint density at radius 3 is 3.07 bits per heavy atom. The van der Waals surface area contributed by atoms with Gasteiger partial charge in [0.15, 0.2) is 5.69 Å². The van der Waals surface area contributed by atoms with Crippen molar-refractivity contribution in [3.05, 3.63) is 33.5 Å². The van der Waals surface area contributed by atoms with Gasteiger partial charge in [-0.1, -0.05) is 6.92 Å². The average molecular weight is 433 g/mol. The van der Waals surface area contributed by atoms with Crippen LogP contribution in [0, 0.1) is 0 Å². The van der Waals surface area contributed by atoms with Gasteiger partial charge in [0.25, 0.3) is 5.91 Å². The lowest BCUT2D eigenvalue weighted by molar-refractivity contribution is 0.0932. The monoisotopic (exact) mass is 432 g/mol. The molecule has 4 heterocycles. The third kappa shape index (κ3) is 4.74. The molecule has 1 fully saturated rings. The van der Waals surface area contributed by atoms with Gasteiger partial charge in [-0.2, -0.15) is 5.10 Å². The Labute approximate surface area is 182 Å². The number of methoxy groups -OCH3 is 1. The number of rotatable bonds is 9. The van der Waals surface area contributed by atoms with Gasteiger partial charge in [-0.05, 0) is 25.9 Å². The van der Waals surface area contributed by atoms with Gasteiger partial charge in [0.2, 0.25) is 0 Å². The highest BCUT2D eigenvalue weighted by Gasteiger charge is 2.29. The molecule has 2 aliphatic rings. The van der Waals surface area contributed by atoms with Crippen LogP contribution in [-0.2, 0) is 30.8 Å². The summed E-state index contributed by atoms with van der Waals surface area (Å²) < 4.78 is 7.23. The van der Waals surface area contributed by atoms with Crippen molar-refractivity contribution in [2.24, 2.45) is 0 Å². The number of likely N-dealkylation sites (N-methyl/N-ethyl adjacent to an activating group) is 1. The van der Waals surface area contributed by atoms with E-state index < -0.39 is 0 Å². The molecule has 8 nitrogen and oxygen atoms in total. The molecule has 1 saturated heterocycles. The summed E-state index contributed by atoms with van der Waals surface area (Å²) in [5.41, 5.74) is 2.81. The number of nitrogens with one attached hydrogen (secondary N) is 1. The molecule has 1 amide bonds. The SMILES string of the molecule is CCN1CCC[C@@H]1CNC(=O)c1nn(CCOC)c2c1CN(Cc1nccs1)CC2. The molecule has 0 unspecified atom stereocenters. The number of nitrogens with zero attached hydrogens (tertiary/aromatic N) is 5. The number of thiazole rings is 1. The van der Waals surface area contributed by atoms with Crippen molar-refractivity contribution >= 4 is 17.2 Å². The second-order valence-electron chi connectivity index (χ2n) is 8.01. The minimum Gasteiger partial charge on any atom is -0.383 e. The third-order valence-corrected chi connectivity index (χ3v) is 6.95. The topological polar surface area (TPSA) is 75.5 Å². The standard InChI is InChI=1S/C21H32N6O2S/c1-3-26-8-4-5-16(26)13-23-21(28)20-17-14-25(15-19-22-7-12-30-19)9-6-18(17)27(24-20)10-11-29-2/h7,12,16H,3-6,8-11,13-15H2,1-2H3,(H,23,28)/t16-/m1/s1. The van der Waals surface area contributed by atoms with Crippen molar-refractivity contribution in [1.29, 1.82) is 0 Å². The molecule has 0 bridgehead atoms. The Hall–Kier alpha value is -1.81. The van der Waals surface area contributed by atoms with E-state index in [0.717, 1.165) is 56.1 Å². The second kappa shape index (κ2) is 10.00. The molecule has 4 rings (SSSR count). The van der Waals surface area contributed by atoms with Crippen molar-refractivity contribution in [3.8, 4) is 0 Å². The summed E-state index contributed by atoms with van der Waals surface area (Å²) in [6, 6.07) is 0.437. The first kappa shape index (κ1) is 21.4. The smallest absolute Gasteiger partial charge is 0.272 e. The Balaban J connectivity index is 1.48. The highest BCUT2D eigenvalue weighted by Crippen LogP contribution is 2.25. The molecule has 164 valence electrons. The van der Waals surface area contributed by atoms with Gasteiger partial charge in [-0.3, -0.25) is 19.3 Å². The zero-order valence-electron chi connectivity index (χ0n) is 18.0. The number of amides is 1. The number of hydrogen-bond donors (Lipinski definition) is 1. The molecule has 0 radical (unpaired) electrons. The van der Waals surface area contributed by atoms with Crippen LogP contribution in [0.1, 0.15) is 46.5 Å². The fraction of sp³-hybridized carbons (Fsp3) is 0.667. The normalized spacial score (nSPS) is 19.9. The number of likely N-dealkylation sites (tertiary alicyclic amines) is 1. The average Bonchev–Trinajstić information content (AvgIpc) is 3.50. The van der Waals surface area contributed by atoms with Crippen LogP contribution in [0.15, 0.2) is 11.6 Å². The number of carbonyl (C=O) groups excluding carboxylic acids is 1. The van der Waals surface area contributed by atoms with Gasteiger partial charge in [-0.15, -0.1) is 11.3 Å². The second-order valence-corrected chi connectivity index (χ2v) is 8.99. The first-order chi connectivity index (χ1) is 14.7.